The van der Waals surface area contributed by atoms with Crippen molar-refractivity contribution in [2.24, 2.45) is 0 Å². The minimum Gasteiger partial charge on any atom is -0.453 e. The van der Waals surface area contributed by atoms with Crippen molar-refractivity contribution in [3.63, 3.8) is 0 Å². The predicted molar refractivity (Wildman–Crippen MR) is 75.9 cm³/mol. The van der Waals surface area contributed by atoms with Gasteiger partial charge in [-0.25, -0.2) is 8.78 Å². The van der Waals surface area contributed by atoms with Crippen molar-refractivity contribution in [3.05, 3.63) is 77.6 Å². The Morgan fingerprint density at radius 3 is 2.57 bits per heavy atom. The molecule has 0 fully saturated rings. The Hall–Kier alpha value is -2.75. The van der Waals surface area contributed by atoms with Crippen molar-refractivity contribution in [2.75, 3.05) is 0 Å². The zero-order valence-electron chi connectivity index (χ0n) is 10.8. The van der Waals surface area contributed by atoms with Gasteiger partial charge < -0.3 is 4.42 Å². The molecule has 2 aromatic carbocycles. The van der Waals surface area contributed by atoms with Gasteiger partial charge in [0.25, 0.3) is 0 Å². The summed E-state index contributed by atoms with van der Waals surface area (Å²) in [6, 6.07) is 12.4. The molecule has 0 saturated heterocycles. The smallest absolute Gasteiger partial charge is 0.221 e. The molecule has 0 bridgehead atoms. The summed E-state index contributed by atoms with van der Waals surface area (Å²) in [4.78, 5) is 12.0. The van der Waals surface area contributed by atoms with Crippen LogP contribution in [0.25, 0.3) is 17.0 Å². The Morgan fingerprint density at radius 2 is 1.81 bits per heavy atom. The lowest BCUT2D eigenvalue weighted by Crippen LogP contribution is -1.91. The second-order valence-corrected chi connectivity index (χ2v) is 4.52. The molecular weight excluding hydrogens is 274 g/mol. The first-order valence-electron chi connectivity index (χ1n) is 6.29. The number of ketones is 1. The van der Waals surface area contributed by atoms with Gasteiger partial charge in [0.05, 0.1) is 0 Å². The van der Waals surface area contributed by atoms with Gasteiger partial charge in [0.2, 0.25) is 5.78 Å². The summed E-state index contributed by atoms with van der Waals surface area (Å²) in [5.74, 6) is -2.00. The summed E-state index contributed by atoms with van der Waals surface area (Å²) in [7, 11) is 0. The molecule has 104 valence electrons. The van der Waals surface area contributed by atoms with E-state index in [2.05, 4.69) is 0 Å². The van der Waals surface area contributed by atoms with E-state index in [0.29, 0.717) is 11.1 Å². The summed E-state index contributed by atoms with van der Waals surface area (Å²) in [6.45, 7) is 0. The molecule has 0 atom stereocenters. The van der Waals surface area contributed by atoms with E-state index < -0.39 is 11.6 Å². The van der Waals surface area contributed by atoms with Gasteiger partial charge in [-0.15, -0.1) is 0 Å². The summed E-state index contributed by atoms with van der Waals surface area (Å²) >= 11 is 0. The maximum absolute atomic E-state index is 13.1. The van der Waals surface area contributed by atoms with Crippen LogP contribution in [0.2, 0.25) is 0 Å². The van der Waals surface area contributed by atoms with Crippen LogP contribution in [0.3, 0.4) is 0 Å². The van der Waals surface area contributed by atoms with Gasteiger partial charge in [0.15, 0.2) is 17.4 Å². The molecule has 0 aliphatic carbocycles. The van der Waals surface area contributed by atoms with Crippen LogP contribution in [0.15, 0.2) is 59.0 Å². The average molecular weight is 284 g/mol. The Kier molecular flexibility index (Phi) is 3.36. The molecule has 0 spiro atoms. The van der Waals surface area contributed by atoms with Gasteiger partial charge in [-0.05, 0) is 35.9 Å². The van der Waals surface area contributed by atoms with Crippen LogP contribution >= 0.6 is 0 Å². The standard InChI is InChI=1S/C17H10F2O2/c18-13-7-5-11(9-14(13)19)6-8-15(20)17-10-12-3-1-2-4-16(12)21-17/h1-10H. The Labute approximate surface area is 119 Å². The van der Waals surface area contributed by atoms with Crippen molar-refractivity contribution < 1.29 is 18.0 Å². The maximum atomic E-state index is 13.1. The molecule has 0 amide bonds. The molecule has 0 radical (unpaired) electrons. The van der Waals surface area contributed by atoms with Crippen LogP contribution in [0, 0.1) is 11.6 Å². The van der Waals surface area contributed by atoms with Crippen LogP contribution in [0.4, 0.5) is 8.78 Å². The van der Waals surface area contributed by atoms with Gasteiger partial charge in [-0.3, -0.25) is 4.79 Å². The second kappa shape index (κ2) is 5.32. The first kappa shape index (κ1) is 13.2. The average Bonchev–Trinajstić information content (AvgIpc) is 2.92. The van der Waals surface area contributed by atoms with Crippen molar-refractivity contribution in [1.82, 2.24) is 0 Å². The number of hydrogen-bond acceptors (Lipinski definition) is 2. The monoisotopic (exact) mass is 284 g/mol. The number of carbonyl (C=O) groups is 1. The number of para-hydroxylation sites is 1. The minimum atomic E-state index is -0.951. The fourth-order valence-corrected chi connectivity index (χ4v) is 1.97. The summed E-state index contributed by atoms with van der Waals surface area (Å²) in [5.41, 5.74) is 1.03. The van der Waals surface area contributed by atoms with E-state index in [1.54, 1.807) is 12.1 Å². The fraction of sp³-hybridized carbons (Fsp3) is 0. The van der Waals surface area contributed by atoms with Gasteiger partial charge in [-0.2, -0.15) is 0 Å². The Balaban J connectivity index is 1.84. The SMILES string of the molecule is O=C(C=Cc1ccc(F)c(F)c1)c1cc2ccccc2o1. The molecular formula is C17H10F2O2. The van der Waals surface area contributed by atoms with Gasteiger partial charge in [0, 0.05) is 5.39 Å². The highest BCUT2D eigenvalue weighted by atomic mass is 19.2. The lowest BCUT2D eigenvalue weighted by Gasteiger charge is -1.95. The van der Waals surface area contributed by atoms with E-state index in [-0.39, 0.29) is 11.5 Å². The molecule has 0 aliphatic heterocycles. The molecule has 2 nitrogen and oxygen atoms in total. The number of rotatable bonds is 3. The summed E-state index contributed by atoms with van der Waals surface area (Å²) < 4.78 is 31.3. The number of benzene rings is 2. The topological polar surface area (TPSA) is 30.2 Å². The molecule has 4 heteroatoms. The van der Waals surface area contributed by atoms with Gasteiger partial charge in [-0.1, -0.05) is 30.3 Å². The fourth-order valence-electron chi connectivity index (χ4n) is 1.97. The molecule has 3 rings (SSSR count). The van der Waals surface area contributed by atoms with Crippen LogP contribution in [-0.4, -0.2) is 5.78 Å². The third kappa shape index (κ3) is 2.74. The molecule has 21 heavy (non-hydrogen) atoms. The predicted octanol–water partition coefficient (Wildman–Crippen LogP) is 4.61. The van der Waals surface area contributed by atoms with E-state index in [4.69, 9.17) is 4.42 Å². The largest absolute Gasteiger partial charge is 0.453 e. The van der Waals surface area contributed by atoms with E-state index in [1.807, 2.05) is 18.2 Å². The third-order valence-electron chi connectivity index (χ3n) is 3.04. The number of allylic oxidation sites excluding steroid dienone is 1. The van der Waals surface area contributed by atoms with Crippen molar-refractivity contribution in [1.29, 1.82) is 0 Å². The van der Waals surface area contributed by atoms with Gasteiger partial charge in [0.1, 0.15) is 5.58 Å². The number of fused-ring (bicyclic) bond motifs is 1. The number of furan rings is 1. The lowest BCUT2D eigenvalue weighted by atomic mass is 10.1. The molecule has 3 aromatic rings. The summed E-state index contributed by atoms with van der Waals surface area (Å²) in [6.07, 6.45) is 2.68. The van der Waals surface area contributed by atoms with Crippen molar-refractivity contribution >= 4 is 22.8 Å². The normalized spacial score (nSPS) is 11.3. The number of carbonyl (C=O) groups excluding carboxylic acids is 1. The third-order valence-corrected chi connectivity index (χ3v) is 3.04. The highest BCUT2D eigenvalue weighted by Gasteiger charge is 2.09. The molecule has 1 heterocycles. The van der Waals surface area contributed by atoms with Crippen LogP contribution in [0.5, 0.6) is 0 Å². The van der Waals surface area contributed by atoms with Crippen LogP contribution in [-0.2, 0) is 0 Å². The first-order chi connectivity index (χ1) is 10.1. The molecule has 1 aromatic heterocycles. The second-order valence-electron chi connectivity index (χ2n) is 4.52. The minimum absolute atomic E-state index is 0.204. The number of hydrogen-bond donors (Lipinski definition) is 0. The number of halogens is 2. The van der Waals surface area contributed by atoms with Crippen LogP contribution in [0.1, 0.15) is 16.1 Å². The van der Waals surface area contributed by atoms with Crippen molar-refractivity contribution in [3.8, 4) is 0 Å². The first-order valence-corrected chi connectivity index (χ1v) is 6.29. The zero-order valence-corrected chi connectivity index (χ0v) is 10.8. The molecule has 0 unspecified atom stereocenters. The van der Waals surface area contributed by atoms with Gasteiger partial charge >= 0.3 is 0 Å². The zero-order chi connectivity index (χ0) is 14.8. The van der Waals surface area contributed by atoms with Crippen LogP contribution < -0.4 is 0 Å². The van der Waals surface area contributed by atoms with E-state index >= 15 is 0 Å². The summed E-state index contributed by atoms with van der Waals surface area (Å²) in [5, 5.41) is 0.835. The highest BCUT2D eigenvalue weighted by Crippen LogP contribution is 2.19. The maximum Gasteiger partial charge on any atom is 0.221 e. The quantitative estimate of drug-likeness (QED) is 0.519. The van der Waals surface area contributed by atoms with E-state index in [9.17, 15) is 13.6 Å². The Bertz CT molecular complexity index is 814. The molecule has 0 saturated carbocycles. The van der Waals surface area contributed by atoms with E-state index in [0.717, 1.165) is 17.5 Å². The Morgan fingerprint density at radius 1 is 1.00 bits per heavy atom. The molecule has 0 N–H and O–H groups in total. The highest BCUT2D eigenvalue weighted by molar-refractivity contribution is 6.06. The van der Waals surface area contributed by atoms with E-state index in [1.165, 1.54) is 18.2 Å². The molecule has 0 aliphatic rings. The van der Waals surface area contributed by atoms with Crippen molar-refractivity contribution in [2.45, 2.75) is 0 Å². The lowest BCUT2D eigenvalue weighted by molar-refractivity contribution is 0.102.